The quantitative estimate of drug-likeness (QED) is 0.742. The van der Waals surface area contributed by atoms with Crippen molar-refractivity contribution in [1.82, 2.24) is 9.97 Å². The van der Waals surface area contributed by atoms with Gasteiger partial charge in [-0.15, -0.1) is 0 Å². The van der Waals surface area contributed by atoms with Crippen LogP contribution in [0.2, 0.25) is 0 Å². The first-order valence-electron chi connectivity index (χ1n) is 4.47. The number of aliphatic carboxylic acids is 1. The lowest BCUT2D eigenvalue weighted by molar-refractivity contribution is -0.140. The molecule has 6 nitrogen and oxygen atoms in total. The average molecular weight is 211 g/mol. The second-order valence-corrected chi connectivity index (χ2v) is 3.04. The SMILES string of the molecule is COc1ccnc(NCC(C)C(=O)O)n1. The number of nitrogens with one attached hydrogen (secondary N) is 1. The Morgan fingerprint density at radius 3 is 3.07 bits per heavy atom. The van der Waals surface area contributed by atoms with Crippen molar-refractivity contribution >= 4 is 11.9 Å². The van der Waals surface area contributed by atoms with E-state index in [0.29, 0.717) is 11.8 Å². The summed E-state index contributed by atoms with van der Waals surface area (Å²) >= 11 is 0. The van der Waals surface area contributed by atoms with E-state index in [-0.39, 0.29) is 6.54 Å². The Balaban J connectivity index is 2.53. The highest BCUT2D eigenvalue weighted by Gasteiger charge is 2.10. The number of nitrogens with zero attached hydrogens (tertiary/aromatic N) is 2. The van der Waals surface area contributed by atoms with E-state index in [2.05, 4.69) is 15.3 Å². The number of ether oxygens (including phenoxy) is 1. The first-order valence-corrected chi connectivity index (χ1v) is 4.47. The van der Waals surface area contributed by atoms with E-state index in [1.54, 1.807) is 19.2 Å². The average Bonchev–Trinajstić information content (AvgIpc) is 2.26. The number of hydrogen-bond acceptors (Lipinski definition) is 5. The number of rotatable bonds is 5. The minimum Gasteiger partial charge on any atom is -0.481 e. The van der Waals surface area contributed by atoms with E-state index >= 15 is 0 Å². The Morgan fingerprint density at radius 1 is 1.73 bits per heavy atom. The molecule has 0 aliphatic carbocycles. The van der Waals surface area contributed by atoms with Gasteiger partial charge in [0.25, 0.3) is 0 Å². The summed E-state index contributed by atoms with van der Waals surface area (Å²) in [6.07, 6.45) is 1.54. The van der Waals surface area contributed by atoms with E-state index in [0.717, 1.165) is 0 Å². The van der Waals surface area contributed by atoms with Gasteiger partial charge in [0.2, 0.25) is 11.8 Å². The normalized spacial score (nSPS) is 11.9. The molecule has 6 heteroatoms. The molecule has 1 aromatic heterocycles. The molecule has 1 unspecified atom stereocenters. The summed E-state index contributed by atoms with van der Waals surface area (Å²) < 4.78 is 4.90. The Hall–Kier alpha value is -1.85. The van der Waals surface area contributed by atoms with Crippen LogP contribution in [0.3, 0.4) is 0 Å². The lowest BCUT2D eigenvalue weighted by Gasteiger charge is -2.08. The molecule has 0 bridgehead atoms. The van der Waals surface area contributed by atoms with Gasteiger partial charge in [0.15, 0.2) is 0 Å². The summed E-state index contributed by atoms with van der Waals surface area (Å²) in [5, 5.41) is 11.5. The Morgan fingerprint density at radius 2 is 2.47 bits per heavy atom. The van der Waals surface area contributed by atoms with Crippen LogP contribution >= 0.6 is 0 Å². The molecule has 0 amide bonds. The highest BCUT2D eigenvalue weighted by molar-refractivity contribution is 5.70. The van der Waals surface area contributed by atoms with Gasteiger partial charge in [-0.05, 0) is 0 Å². The second-order valence-electron chi connectivity index (χ2n) is 3.04. The van der Waals surface area contributed by atoms with Gasteiger partial charge in [0.1, 0.15) is 0 Å². The second kappa shape index (κ2) is 5.14. The molecule has 0 saturated carbocycles. The van der Waals surface area contributed by atoms with Crippen molar-refractivity contribution in [3.63, 3.8) is 0 Å². The summed E-state index contributed by atoms with van der Waals surface area (Å²) in [6, 6.07) is 1.62. The Bertz CT molecular complexity index is 343. The molecule has 2 N–H and O–H groups in total. The largest absolute Gasteiger partial charge is 0.481 e. The number of carboxylic acid groups (broad SMARTS) is 1. The molecule has 1 rings (SSSR count). The summed E-state index contributed by atoms with van der Waals surface area (Å²) in [4.78, 5) is 18.4. The minimum absolute atomic E-state index is 0.280. The molecule has 1 aromatic rings. The van der Waals surface area contributed by atoms with Crippen LogP contribution in [0.5, 0.6) is 5.88 Å². The smallest absolute Gasteiger partial charge is 0.308 e. The summed E-state index contributed by atoms with van der Waals surface area (Å²) in [7, 11) is 1.51. The molecule has 0 saturated heterocycles. The van der Waals surface area contributed by atoms with Crippen molar-refractivity contribution in [1.29, 1.82) is 0 Å². The minimum atomic E-state index is -0.856. The van der Waals surface area contributed by atoms with Crippen LogP contribution in [-0.4, -0.2) is 34.7 Å². The van der Waals surface area contributed by atoms with E-state index in [1.165, 1.54) is 7.11 Å². The van der Waals surface area contributed by atoms with E-state index < -0.39 is 11.9 Å². The summed E-state index contributed by atoms with van der Waals surface area (Å²) in [6.45, 7) is 1.89. The summed E-state index contributed by atoms with van der Waals surface area (Å²) in [5.41, 5.74) is 0. The van der Waals surface area contributed by atoms with Crippen molar-refractivity contribution in [3.8, 4) is 5.88 Å². The number of aromatic nitrogens is 2. The molecule has 0 aliphatic rings. The molecule has 82 valence electrons. The van der Waals surface area contributed by atoms with Crippen LogP contribution in [0.15, 0.2) is 12.3 Å². The van der Waals surface area contributed by atoms with Gasteiger partial charge < -0.3 is 15.2 Å². The fourth-order valence-electron chi connectivity index (χ4n) is 0.873. The van der Waals surface area contributed by atoms with Crippen molar-refractivity contribution in [2.24, 2.45) is 5.92 Å². The number of methoxy groups -OCH3 is 1. The van der Waals surface area contributed by atoms with Crippen molar-refractivity contribution in [3.05, 3.63) is 12.3 Å². The zero-order chi connectivity index (χ0) is 11.3. The van der Waals surface area contributed by atoms with Gasteiger partial charge in [-0.1, -0.05) is 6.92 Å². The molecule has 0 fully saturated rings. The fourth-order valence-corrected chi connectivity index (χ4v) is 0.873. The van der Waals surface area contributed by atoms with Crippen molar-refractivity contribution in [2.45, 2.75) is 6.92 Å². The molecule has 0 aliphatic heterocycles. The van der Waals surface area contributed by atoms with Gasteiger partial charge in [0.05, 0.1) is 13.0 Å². The number of hydrogen-bond donors (Lipinski definition) is 2. The van der Waals surface area contributed by atoms with Crippen LogP contribution in [0.25, 0.3) is 0 Å². The molecule has 0 spiro atoms. The topological polar surface area (TPSA) is 84.3 Å². The van der Waals surface area contributed by atoms with Crippen LogP contribution in [0, 0.1) is 5.92 Å². The fraction of sp³-hybridized carbons (Fsp3) is 0.444. The van der Waals surface area contributed by atoms with Crippen molar-refractivity contribution in [2.75, 3.05) is 19.0 Å². The van der Waals surface area contributed by atoms with E-state index in [1.807, 2.05) is 0 Å². The molecular weight excluding hydrogens is 198 g/mol. The molecule has 0 aromatic carbocycles. The van der Waals surface area contributed by atoms with Gasteiger partial charge >= 0.3 is 5.97 Å². The van der Waals surface area contributed by atoms with Gasteiger partial charge in [-0.2, -0.15) is 4.98 Å². The van der Waals surface area contributed by atoms with E-state index in [9.17, 15) is 4.79 Å². The zero-order valence-corrected chi connectivity index (χ0v) is 8.60. The lowest BCUT2D eigenvalue weighted by Crippen LogP contribution is -2.20. The third-order valence-corrected chi connectivity index (χ3v) is 1.83. The predicted octanol–water partition coefficient (Wildman–Crippen LogP) is 0.618. The standard InChI is InChI=1S/C9H13N3O3/c1-6(8(13)14)5-11-9-10-4-3-7(12-9)15-2/h3-4,6H,5H2,1-2H3,(H,13,14)(H,10,11,12). The van der Waals surface area contributed by atoms with Crippen LogP contribution in [0.4, 0.5) is 5.95 Å². The van der Waals surface area contributed by atoms with Gasteiger partial charge in [0, 0.05) is 18.8 Å². The predicted molar refractivity (Wildman–Crippen MR) is 53.9 cm³/mol. The third kappa shape index (κ3) is 3.41. The maximum Gasteiger partial charge on any atom is 0.308 e. The number of carboxylic acids is 1. The molecular formula is C9H13N3O3. The highest BCUT2D eigenvalue weighted by atomic mass is 16.5. The first-order chi connectivity index (χ1) is 7.13. The van der Waals surface area contributed by atoms with Crippen LogP contribution in [-0.2, 0) is 4.79 Å². The number of carbonyl (C=O) groups is 1. The molecule has 1 heterocycles. The van der Waals surface area contributed by atoms with Crippen LogP contribution in [0.1, 0.15) is 6.92 Å². The maximum absolute atomic E-state index is 10.5. The van der Waals surface area contributed by atoms with Crippen molar-refractivity contribution < 1.29 is 14.6 Å². The van der Waals surface area contributed by atoms with Gasteiger partial charge in [-0.3, -0.25) is 4.79 Å². The Labute approximate surface area is 87.3 Å². The third-order valence-electron chi connectivity index (χ3n) is 1.83. The van der Waals surface area contributed by atoms with Gasteiger partial charge in [-0.25, -0.2) is 4.98 Å². The highest BCUT2D eigenvalue weighted by Crippen LogP contribution is 2.07. The number of anilines is 1. The summed E-state index contributed by atoms with van der Waals surface area (Å²) in [5.74, 6) is -0.539. The van der Waals surface area contributed by atoms with Crippen LogP contribution < -0.4 is 10.1 Å². The zero-order valence-electron chi connectivity index (χ0n) is 8.60. The van der Waals surface area contributed by atoms with E-state index in [4.69, 9.17) is 9.84 Å². The molecule has 1 atom stereocenters. The lowest BCUT2D eigenvalue weighted by atomic mass is 10.2. The monoisotopic (exact) mass is 211 g/mol. The molecule has 15 heavy (non-hydrogen) atoms. The first kappa shape index (κ1) is 11.2. The molecule has 0 radical (unpaired) electrons. The Kier molecular flexibility index (Phi) is 3.84. The maximum atomic E-state index is 10.5.